The molecule has 0 radical (unpaired) electrons. The van der Waals surface area contributed by atoms with Crippen molar-refractivity contribution in [3.8, 4) is 0 Å². The van der Waals surface area contributed by atoms with E-state index in [2.05, 4.69) is 42.3 Å². The minimum atomic E-state index is 0.334. The zero-order valence-electron chi connectivity index (χ0n) is 14.5. The summed E-state index contributed by atoms with van der Waals surface area (Å²) in [5, 5.41) is 4.81. The molecule has 1 aromatic heterocycles. The van der Waals surface area contributed by atoms with Gasteiger partial charge in [0.15, 0.2) is 0 Å². The fourth-order valence-corrected chi connectivity index (χ4v) is 3.77. The third kappa shape index (κ3) is 3.20. The highest BCUT2D eigenvalue weighted by Gasteiger charge is 2.36. The summed E-state index contributed by atoms with van der Waals surface area (Å²) in [7, 11) is 0. The van der Waals surface area contributed by atoms with Crippen LogP contribution in [0.4, 0.5) is 0 Å². The van der Waals surface area contributed by atoms with Gasteiger partial charge in [-0.25, -0.2) is 0 Å². The highest BCUT2D eigenvalue weighted by atomic mass is 16.3. The van der Waals surface area contributed by atoms with Gasteiger partial charge in [0.05, 0.1) is 6.54 Å². The van der Waals surface area contributed by atoms with Gasteiger partial charge >= 0.3 is 0 Å². The molecular weight excluding hydrogens is 300 g/mol. The summed E-state index contributed by atoms with van der Waals surface area (Å²) in [4.78, 5) is 14.3. The Balaban J connectivity index is 1.34. The lowest BCUT2D eigenvalue weighted by Crippen LogP contribution is -2.50. The summed E-state index contributed by atoms with van der Waals surface area (Å²) < 4.78 is 5.92. The zero-order valence-corrected chi connectivity index (χ0v) is 14.5. The largest absolute Gasteiger partial charge is 0.460 e. The number of hydrogen-bond acceptors (Lipinski definition) is 3. The maximum atomic E-state index is 12.2. The summed E-state index contributed by atoms with van der Waals surface area (Å²) >= 11 is 0. The van der Waals surface area contributed by atoms with Crippen molar-refractivity contribution in [1.82, 2.24) is 10.2 Å². The molecule has 4 rings (SSSR count). The molecule has 2 atom stereocenters. The third-order valence-corrected chi connectivity index (χ3v) is 5.40. The smallest absolute Gasteiger partial charge is 0.225 e. The number of nitrogens with zero attached hydrogens (tertiary/aromatic N) is 1. The first kappa shape index (κ1) is 15.7. The predicted octanol–water partition coefficient (Wildman–Crippen LogP) is 3.48. The topological polar surface area (TPSA) is 45.5 Å². The number of piperidine rings is 1. The Kier molecular flexibility index (Phi) is 4.09. The number of amides is 1. The second-order valence-corrected chi connectivity index (χ2v) is 7.57. The van der Waals surface area contributed by atoms with Crippen LogP contribution in [0, 0.1) is 18.8 Å². The van der Waals surface area contributed by atoms with E-state index in [9.17, 15) is 4.79 Å². The standard InChI is InChI=1S/C20H26N2O2/c1-13-3-6-19-16(9-13)10-17(24-19)11-21-18-7-8-22(12-14(18)2)20(23)15-4-5-15/h3,6,9-10,14-15,18,21H,4-5,7-8,11-12H2,1-2H3. The van der Waals surface area contributed by atoms with E-state index >= 15 is 0 Å². The fraction of sp³-hybridized carbons (Fsp3) is 0.550. The van der Waals surface area contributed by atoms with Crippen molar-refractivity contribution in [2.45, 2.75) is 45.7 Å². The van der Waals surface area contributed by atoms with Gasteiger partial charge in [0.1, 0.15) is 11.3 Å². The van der Waals surface area contributed by atoms with E-state index in [-0.39, 0.29) is 0 Å². The van der Waals surface area contributed by atoms with Crippen LogP contribution in [0.1, 0.15) is 37.5 Å². The Morgan fingerprint density at radius 3 is 2.88 bits per heavy atom. The van der Waals surface area contributed by atoms with Crippen LogP contribution in [0.5, 0.6) is 0 Å². The van der Waals surface area contributed by atoms with Crippen LogP contribution in [0.15, 0.2) is 28.7 Å². The summed E-state index contributed by atoms with van der Waals surface area (Å²) in [5.74, 6) is 2.18. The molecule has 4 heteroatoms. The number of carbonyl (C=O) groups excluding carboxylic acids is 1. The van der Waals surface area contributed by atoms with Gasteiger partial charge in [0, 0.05) is 30.4 Å². The van der Waals surface area contributed by atoms with Gasteiger partial charge in [-0.15, -0.1) is 0 Å². The zero-order chi connectivity index (χ0) is 16.7. The van der Waals surface area contributed by atoms with E-state index in [1.54, 1.807) is 0 Å². The first-order valence-electron chi connectivity index (χ1n) is 9.11. The van der Waals surface area contributed by atoms with Crippen LogP contribution >= 0.6 is 0 Å². The Morgan fingerprint density at radius 2 is 2.12 bits per heavy atom. The molecule has 2 fully saturated rings. The molecule has 1 saturated heterocycles. The molecule has 2 aromatic rings. The summed E-state index contributed by atoms with van der Waals surface area (Å²) in [6.45, 7) is 6.86. The molecule has 0 bridgehead atoms. The van der Waals surface area contributed by atoms with Crippen molar-refractivity contribution in [2.24, 2.45) is 11.8 Å². The molecule has 1 aromatic carbocycles. The van der Waals surface area contributed by atoms with E-state index < -0.39 is 0 Å². The maximum absolute atomic E-state index is 12.2. The normalized spacial score (nSPS) is 24.5. The van der Waals surface area contributed by atoms with Crippen LogP contribution < -0.4 is 5.32 Å². The molecule has 128 valence electrons. The van der Waals surface area contributed by atoms with Crippen LogP contribution in [0.25, 0.3) is 11.0 Å². The number of aryl methyl sites for hydroxylation is 1. The molecule has 1 aliphatic heterocycles. The monoisotopic (exact) mass is 326 g/mol. The fourth-order valence-electron chi connectivity index (χ4n) is 3.77. The molecule has 2 heterocycles. The summed E-state index contributed by atoms with van der Waals surface area (Å²) in [5.41, 5.74) is 2.21. The number of likely N-dealkylation sites (tertiary alicyclic amines) is 1. The molecule has 2 unspecified atom stereocenters. The van der Waals surface area contributed by atoms with Crippen LogP contribution in [-0.2, 0) is 11.3 Å². The quantitative estimate of drug-likeness (QED) is 0.935. The second-order valence-electron chi connectivity index (χ2n) is 7.57. The lowest BCUT2D eigenvalue weighted by Gasteiger charge is -2.37. The number of hydrogen-bond donors (Lipinski definition) is 1. The van der Waals surface area contributed by atoms with Crippen molar-refractivity contribution in [3.63, 3.8) is 0 Å². The van der Waals surface area contributed by atoms with Gasteiger partial charge in [0.25, 0.3) is 0 Å². The Bertz CT molecular complexity index is 747. The van der Waals surface area contributed by atoms with Crippen molar-refractivity contribution in [1.29, 1.82) is 0 Å². The lowest BCUT2D eigenvalue weighted by atomic mass is 9.93. The molecular formula is C20H26N2O2. The average molecular weight is 326 g/mol. The van der Waals surface area contributed by atoms with Crippen molar-refractivity contribution < 1.29 is 9.21 Å². The molecule has 1 saturated carbocycles. The minimum absolute atomic E-state index is 0.334. The molecule has 24 heavy (non-hydrogen) atoms. The second kappa shape index (κ2) is 6.25. The minimum Gasteiger partial charge on any atom is -0.460 e. The van der Waals surface area contributed by atoms with E-state index in [0.717, 1.165) is 50.2 Å². The van der Waals surface area contributed by atoms with Gasteiger partial charge in [0.2, 0.25) is 5.91 Å². The molecule has 1 N–H and O–H groups in total. The van der Waals surface area contributed by atoms with E-state index in [0.29, 0.717) is 23.8 Å². The van der Waals surface area contributed by atoms with E-state index in [4.69, 9.17) is 4.42 Å². The first-order valence-corrected chi connectivity index (χ1v) is 9.11. The molecule has 0 spiro atoms. The SMILES string of the molecule is Cc1ccc2oc(CNC3CCN(C(=O)C4CC4)CC3C)cc2c1. The predicted molar refractivity (Wildman–Crippen MR) is 94.7 cm³/mol. The molecule has 1 amide bonds. The number of benzene rings is 1. The van der Waals surface area contributed by atoms with Crippen LogP contribution in [-0.4, -0.2) is 29.9 Å². The lowest BCUT2D eigenvalue weighted by molar-refractivity contribution is -0.134. The number of rotatable bonds is 4. The Hall–Kier alpha value is -1.81. The van der Waals surface area contributed by atoms with Crippen LogP contribution in [0.3, 0.4) is 0 Å². The Labute approximate surface area is 143 Å². The highest BCUT2D eigenvalue weighted by Crippen LogP contribution is 2.32. The molecule has 2 aliphatic rings. The summed E-state index contributed by atoms with van der Waals surface area (Å²) in [6.07, 6.45) is 3.22. The van der Waals surface area contributed by atoms with Gasteiger partial charge in [-0.05, 0) is 50.3 Å². The highest BCUT2D eigenvalue weighted by molar-refractivity contribution is 5.81. The maximum Gasteiger partial charge on any atom is 0.225 e. The molecule has 1 aliphatic carbocycles. The van der Waals surface area contributed by atoms with Crippen molar-refractivity contribution in [3.05, 3.63) is 35.6 Å². The van der Waals surface area contributed by atoms with E-state index in [1.165, 1.54) is 10.9 Å². The van der Waals surface area contributed by atoms with Crippen molar-refractivity contribution >= 4 is 16.9 Å². The third-order valence-electron chi connectivity index (χ3n) is 5.40. The van der Waals surface area contributed by atoms with Crippen molar-refractivity contribution in [2.75, 3.05) is 13.1 Å². The molecule has 4 nitrogen and oxygen atoms in total. The van der Waals surface area contributed by atoms with Gasteiger partial charge < -0.3 is 14.6 Å². The van der Waals surface area contributed by atoms with Gasteiger partial charge in [-0.1, -0.05) is 18.6 Å². The van der Waals surface area contributed by atoms with E-state index in [1.807, 2.05) is 6.07 Å². The number of carbonyl (C=O) groups is 1. The number of furan rings is 1. The van der Waals surface area contributed by atoms with Gasteiger partial charge in [-0.3, -0.25) is 4.79 Å². The first-order chi connectivity index (χ1) is 11.6. The van der Waals surface area contributed by atoms with Gasteiger partial charge in [-0.2, -0.15) is 0 Å². The Morgan fingerprint density at radius 1 is 1.29 bits per heavy atom. The number of nitrogens with one attached hydrogen (secondary N) is 1. The van der Waals surface area contributed by atoms with Crippen LogP contribution in [0.2, 0.25) is 0 Å². The number of fused-ring (bicyclic) bond motifs is 1. The summed E-state index contributed by atoms with van der Waals surface area (Å²) in [6, 6.07) is 8.86. The average Bonchev–Trinajstić information content (AvgIpc) is 3.33.